The van der Waals surface area contributed by atoms with E-state index in [1.165, 1.54) is 9.92 Å². The standard InChI is InChI=1S/C4H5BP2S/c5-3-1-2(6)4(7)8-3/h1H,6-7H2. The van der Waals surface area contributed by atoms with Crippen molar-refractivity contribution in [3.8, 4) is 0 Å². The fraction of sp³-hybridized carbons (Fsp3) is 0. The summed E-state index contributed by atoms with van der Waals surface area (Å²) in [6.07, 6.45) is 0. The highest BCUT2D eigenvalue weighted by molar-refractivity contribution is 7.50. The summed E-state index contributed by atoms with van der Waals surface area (Å²) in [5.41, 5.74) is 0. The molecule has 1 heterocycles. The summed E-state index contributed by atoms with van der Waals surface area (Å²) in [7, 11) is 10.7. The lowest BCUT2D eigenvalue weighted by molar-refractivity contribution is 2.29. The van der Waals surface area contributed by atoms with Gasteiger partial charge in [0.05, 0.1) is 0 Å². The molecular weight excluding hydrogens is 153 g/mol. The van der Waals surface area contributed by atoms with Crippen LogP contribution in [0.5, 0.6) is 0 Å². The van der Waals surface area contributed by atoms with Crippen LogP contribution in [0.4, 0.5) is 0 Å². The van der Waals surface area contributed by atoms with Crippen LogP contribution >= 0.6 is 29.8 Å². The van der Waals surface area contributed by atoms with Crippen molar-refractivity contribution in [3.63, 3.8) is 0 Å². The van der Waals surface area contributed by atoms with Gasteiger partial charge in [-0.3, -0.25) is 0 Å². The third-order valence-electron chi connectivity index (χ3n) is 0.810. The molecule has 0 fully saturated rings. The number of rotatable bonds is 0. The second-order valence-corrected chi connectivity index (χ2v) is 4.20. The highest BCUT2D eigenvalue weighted by atomic mass is 32.1. The van der Waals surface area contributed by atoms with E-state index in [1.807, 2.05) is 6.07 Å². The van der Waals surface area contributed by atoms with Crippen LogP contribution < -0.4 is 14.7 Å². The highest BCUT2D eigenvalue weighted by Gasteiger charge is 1.93. The normalized spacial score (nSPS) is 9.75. The fourth-order valence-corrected chi connectivity index (χ4v) is 2.03. The Balaban J connectivity index is 3.14. The van der Waals surface area contributed by atoms with Crippen LogP contribution in [0.3, 0.4) is 0 Å². The predicted octanol–water partition coefficient (Wildman–Crippen LogP) is -0.457. The Kier molecular flexibility index (Phi) is 2.09. The number of hydrogen-bond donors (Lipinski definition) is 0. The average molecular weight is 158 g/mol. The molecule has 0 spiro atoms. The van der Waals surface area contributed by atoms with Crippen molar-refractivity contribution in [1.29, 1.82) is 0 Å². The smallest absolute Gasteiger partial charge is 0.128 e. The molecule has 4 heteroatoms. The van der Waals surface area contributed by atoms with Crippen molar-refractivity contribution in [3.05, 3.63) is 6.07 Å². The molecule has 0 nitrogen and oxygen atoms in total. The molecule has 0 aliphatic heterocycles. The van der Waals surface area contributed by atoms with Crippen LogP contribution in [0, 0.1) is 0 Å². The van der Waals surface area contributed by atoms with Crippen LogP contribution in [0.2, 0.25) is 0 Å². The van der Waals surface area contributed by atoms with E-state index in [9.17, 15) is 0 Å². The summed E-state index contributed by atoms with van der Waals surface area (Å²) in [4.78, 5) is 0. The van der Waals surface area contributed by atoms with E-state index in [0.29, 0.717) is 0 Å². The molecule has 0 aliphatic carbocycles. The molecular formula is C4H5BP2S. The van der Waals surface area contributed by atoms with Crippen molar-refractivity contribution in [2.45, 2.75) is 0 Å². The van der Waals surface area contributed by atoms with Gasteiger partial charge in [0.2, 0.25) is 0 Å². The summed E-state index contributed by atoms with van der Waals surface area (Å²) in [6.45, 7) is 0. The van der Waals surface area contributed by atoms with Crippen molar-refractivity contribution in [2.75, 3.05) is 0 Å². The Morgan fingerprint density at radius 2 is 2.12 bits per heavy atom. The zero-order valence-electron chi connectivity index (χ0n) is 4.22. The first kappa shape index (κ1) is 6.74. The Hall–Kier alpha value is 0.625. The molecule has 0 bridgehead atoms. The molecule has 0 N–H and O–H groups in total. The zero-order valence-corrected chi connectivity index (χ0v) is 7.34. The molecule has 2 unspecified atom stereocenters. The molecule has 1 aromatic rings. The van der Waals surface area contributed by atoms with E-state index in [0.717, 1.165) is 4.78 Å². The van der Waals surface area contributed by atoms with Gasteiger partial charge in [0.1, 0.15) is 7.85 Å². The highest BCUT2D eigenvalue weighted by Crippen LogP contribution is 1.96. The lowest BCUT2D eigenvalue weighted by Gasteiger charge is -1.79. The van der Waals surface area contributed by atoms with E-state index in [1.54, 1.807) is 11.3 Å². The Bertz CT molecular complexity index is 176. The molecule has 2 atom stereocenters. The van der Waals surface area contributed by atoms with Gasteiger partial charge in [-0.2, -0.15) is 11.3 Å². The second kappa shape index (κ2) is 2.48. The van der Waals surface area contributed by atoms with E-state index in [4.69, 9.17) is 7.85 Å². The second-order valence-electron chi connectivity index (χ2n) is 1.47. The van der Waals surface area contributed by atoms with Gasteiger partial charge in [0, 0.05) is 4.62 Å². The third kappa shape index (κ3) is 1.32. The summed E-state index contributed by atoms with van der Waals surface area (Å²) in [5.74, 6) is 0. The third-order valence-corrected chi connectivity index (χ3v) is 3.33. The maximum Gasteiger partial charge on any atom is 0.128 e. The molecule has 40 valence electrons. The maximum absolute atomic E-state index is 5.47. The van der Waals surface area contributed by atoms with Gasteiger partial charge in [0.25, 0.3) is 0 Å². The molecule has 0 amide bonds. The first-order valence-electron chi connectivity index (χ1n) is 2.10. The Morgan fingerprint density at radius 1 is 1.50 bits per heavy atom. The quantitative estimate of drug-likeness (QED) is 0.354. The summed E-state index contributed by atoms with van der Waals surface area (Å²) >= 11 is 1.59. The van der Waals surface area contributed by atoms with Gasteiger partial charge in [-0.15, -0.1) is 9.24 Å². The van der Waals surface area contributed by atoms with Gasteiger partial charge < -0.3 is 0 Å². The van der Waals surface area contributed by atoms with Crippen LogP contribution in [0.15, 0.2) is 6.07 Å². The van der Waals surface area contributed by atoms with Gasteiger partial charge in [-0.25, -0.2) is 0 Å². The Morgan fingerprint density at radius 3 is 2.25 bits per heavy atom. The molecule has 1 aromatic heterocycles. The molecule has 0 saturated heterocycles. The van der Waals surface area contributed by atoms with Crippen molar-refractivity contribution < 1.29 is 0 Å². The van der Waals surface area contributed by atoms with Gasteiger partial charge >= 0.3 is 0 Å². The first-order chi connectivity index (χ1) is 3.70. The molecule has 2 radical (unpaired) electrons. The van der Waals surface area contributed by atoms with E-state index < -0.39 is 0 Å². The molecule has 1 rings (SSSR count). The minimum absolute atomic E-state index is 0.875. The van der Waals surface area contributed by atoms with E-state index >= 15 is 0 Å². The van der Waals surface area contributed by atoms with Crippen molar-refractivity contribution in [1.82, 2.24) is 0 Å². The molecule has 0 aliphatic rings. The maximum atomic E-state index is 5.47. The minimum Gasteiger partial charge on any atom is -0.152 e. The number of hydrogen-bond acceptors (Lipinski definition) is 1. The molecule has 0 saturated carbocycles. The van der Waals surface area contributed by atoms with E-state index in [2.05, 4.69) is 18.5 Å². The van der Waals surface area contributed by atoms with Crippen molar-refractivity contribution in [2.24, 2.45) is 0 Å². The van der Waals surface area contributed by atoms with Gasteiger partial charge in [-0.1, -0.05) is 15.3 Å². The fourth-order valence-electron chi connectivity index (χ4n) is 0.440. The minimum atomic E-state index is 0.875. The zero-order chi connectivity index (χ0) is 6.15. The topological polar surface area (TPSA) is 0 Å². The molecule has 0 aromatic carbocycles. The number of thiophene rings is 1. The predicted molar refractivity (Wildman–Crippen MR) is 48.4 cm³/mol. The Labute approximate surface area is 58.9 Å². The van der Waals surface area contributed by atoms with Crippen molar-refractivity contribution >= 4 is 52.4 Å². The summed E-state index contributed by atoms with van der Waals surface area (Å²) < 4.78 is 2.08. The summed E-state index contributed by atoms with van der Waals surface area (Å²) in [6, 6.07) is 1.94. The average Bonchev–Trinajstić information content (AvgIpc) is 1.85. The van der Waals surface area contributed by atoms with Crippen LogP contribution in [0.25, 0.3) is 0 Å². The van der Waals surface area contributed by atoms with Gasteiger partial charge in [0.15, 0.2) is 0 Å². The lowest BCUT2D eigenvalue weighted by Crippen LogP contribution is -2.00. The van der Waals surface area contributed by atoms with Crippen LogP contribution in [-0.2, 0) is 0 Å². The molecule has 8 heavy (non-hydrogen) atoms. The monoisotopic (exact) mass is 158 g/mol. The van der Waals surface area contributed by atoms with Crippen LogP contribution in [-0.4, -0.2) is 7.85 Å². The van der Waals surface area contributed by atoms with Gasteiger partial charge in [-0.05, 0) is 10.1 Å². The first-order valence-corrected chi connectivity index (χ1v) is 4.07. The summed E-state index contributed by atoms with van der Waals surface area (Å²) in [5, 5.41) is 1.18. The lowest BCUT2D eigenvalue weighted by atomic mass is 10.1. The van der Waals surface area contributed by atoms with E-state index in [-0.39, 0.29) is 0 Å². The largest absolute Gasteiger partial charge is 0.152 e. The SMILES string of the molecule is [B]c1cc(P)c(P)s1. The van der Waals surface area contributed by atoms with Crippen LogP contribution in [0.1, 0.15) is 0 Å².